The SMILES string of the molecule is C=CCN(c1ccc(CC#N)cc1)S(=O)(=O)c1ccc2c(c1)OCCO2. The lowest BCUT2D eigenvalue weighted by atomic mass is 10.1. The highest BCUT2D eigenvalue weighted by Gasteiger charge is 2.26. The van der Waals surface area contributed by atoms with Crippen molar-refractivity contribution in [2.75, 3.05) is 24.1 Å². The molecule has 134 valence electrons. The molecular weight excluding hydrogens is 352 g/mol. The van der Waals surface area contributed by atoms with Gasteiger partial charge >= 0.3 is 0 Å². The number of rotatable bonds is 6. The molecule has 2 aromatic carbocycles. The second-order valence-corrected chi connectivity index (χ2v) is 7.49. The Hall–Kier alpha value is -2.98. The first-order valence-corrected chi connectivity index (χ1v) is 9.49. The van der Waals surface area contributed by atoms with Crippen molar-refractivity contribution in [3.63, 3.8) is 0 Å². The normalized spacial score (nSPS) is 12.9. The topological polar surface area (TPSA) is 79.6 Å². The Morgan fingerprint density at radius 3 is 2.46 bits per heavy atom. The van der Waals surface area contributed by atoms with E-state index in [1.54, 1.807) is 30.3 Å². The van der Waals surface area contributed by atoms with Gasteiger partial charge in [-0.3, -0.25) is 4.31 Å². The Balaban J connectivity index is 1.98. The van der Waals surface area contributed by atoms with Crippen molar-refractivity contribution in [2.45, 2.75) is 11.3 Å². The number of benzene rings is 2. The van der Waals surface area contributed by atoms with Crippen LogP contribution in [-0.4, -0.2) is 28.2 Å². The molecular formula is C19H18N2O4S. The second kappa shape index (κ2) is 7.50. The van der Waals surface area contributed by atoms with Crippen molar-refractivity contribution in [3.05, 3.63) is 60.7 Å². The monoisotopic (exact) mass is 370 g/mol. The van der Waals surface area contributed by atoms with Gasteiger partial charge in [0.2, 0.25) is 0 Å². The zero-order chi connectivity index (χ0) is 18.6. The van der Waals surface area contributed by atoms with Gasteiger partial charge in [0.25, 0.3) is 10.0 Å². The molecule has 0 fully saturated rings. The average Bonchev–Trinajstić information content (AvgIpc) is 2.66. The van der Waals surface area contributed by atoms with Crippen LogP contribution in [0.5, 0.6) is 11.5 Å². The van der Waals surface area contributed by atoms with E-state index in [-0.39, 0.29) is 17.9 Å². The quantitative estimate of drug-likeness (QED) is 0.731. The van der Waals surface area contributed by atoms with Crippen molar-refractivity contribution < 1.29 is 17.9 Å². The molecule has 0 aromatic heterocycles. The molecule has 0 radical (unpaired) electrons. The van der Waals surface area contributed by atoms with Crippen molar-refractivity contribution in [2.24, 2.45) is 0 Å². The fourth-order valence-corrected chi connectivity index (χ4v) is 4.09. The fourth-order valence-electron chi connectivity index (χ4n) is 2.64. The number of nitrogens with zero attached hydrogens (tertiary/aromatic N) is 2. The Labute approximate surface area is 152 Å². The average molecular weight is 370 g/mol. The van der Waals surface area contributed by atoms with Crippen molar-refractivity contribution in [1.82, 2.24) is 0 Å². The van der Waals surface area contributed by atoms with Gasteiger partial charge in [-0.2, -0.15) is 5.26 Å². The van der Waals surface area contributed by atoms with Crippen molar-refractivity contribution >= 4 is 15.7 Å². The Morgan fingerprint density at radius 2 is 1.81 bits per heavy atom. The lowest BCUT2D eigenvalue weighted by Crippen LogP contribution is -2.31. The molecule has 26 heavy (non-hydrogen) atoms. The summed E-state index contributed by atoms with van der Waals surface area (Å²) in [6.45, 7) is 4.60. The molecule has 0 saturated carbocycles. The molecule has 0 atom stereocenters. The number of hydrogen-bond donors (Lipinski definition) is 0. The third-order valence-corrected chi connectivity index (χ3v) is 5.69. The first kappa shape index (κ1) is 17.8. The summed E-state index contributed by atoms with van der Waals surface area (Å²) in [6.07, 6.45) is 1.80. The van der Waals surface area contributed by atoms with Crippen LogP contribution >= 0.6 is 0 Å². The summed E-state index contributed by atoms with van der Waals surface area (Å²) in [5, 5.41) is 8.77. The minimum Gasteiger partial charge on any atom is -0.486 e. The summed E-state index contributed by atoms with van der Waals surface area (Å²) in [4.78, 5) is 0.115. The van der Waals surface area contributed by atoms with Crippen LogP contribution in [0.1, 0.15) is 5.56 Å². The van der Waals surface area contributed by atoms with Crippen LogP contribution in [0.4, 0.5) is 5.69 Å². The van der Waals surface area contributed by atoms with Gasteiger partial charge in [-0.25, -0.2) is 8.42 Å². The highest BCUT2D eigenvalue weighted by molar-refractivity contribution is 7.92. The first-order chi connectivity index (χ1) is 12.6. The van der Waals surface area contributed by atoms with Gasteiger partial charge in [0.15, 0.2) is 11.5 Å². The van der Waals surface area contributed by atoms with Gasteiger partial charge in [0, 0.05) is 6.07 Å². The Kier molecular flexibility index (Phi) is 5.14. The molecule has 0 spiro atoms. The van der Waals surface area contributed by atoms with E-state index < -0.39 is 10.0 Å². The number of hydrogen-bond acceptors (Lipinski definition) is 5. The Bertz CT molecular complexity index is 946. The van der Waals surface area contributed by atoms with Crippen LogP contribution in [0.15, 0.2) is 60.0 Å². The van der Waals surface area contributed by atoms with Crippen LogP contribution in [0, 0.1) is 11.3 Å². The first-order valence-electron chi connectivity index (χ1n) is 8.05. The van der Waals surface area contributed by atoms with E-state index in [1.807, 2.05) is 0 Å². The second-order valence-electron chi connectivity index (χ2n) is 5.63. The van der Waals surface area contributed by atoms with Crippen LogP contribution in [0.3, 0.4) is 0 Å². The Morgan fingerprint density at radius 1 is 1.12 bits per heavy atom. The van der Waals surface area contributed by atoms with Gasteiger partial charge in [-0.15, -0.1) is 6.58 Å². The maximum atomic E-state index is 13.1. The van der Waals surface area contributed by atoms with Gasteiger partial charge < -0.3 is 9.47 Å². The van der Waals surface area contributed by atoms with E-state index in [1.165, 1.54) is 22.5 Å². The maximum Gasteiger partial charge on any atom is 0.264 e. The number of anilines is 1. The molecule has 0 unspecified atom stereocenters. The van der Waals surface area contributed by atoms with Gasteiger partial charge in [-0.05, 0) is 29.8 Å². The minimum atomic E-state index is -3.81. The smallest absolute Gasteiger partial charge is 0.264 e. The van der Waals surface area contributed by atoms with Gasteiger partial charge in [0.05, 0.1) is 29.6 Å². The molecule has 1 aliphatic rings. The van der Waals surface area contributed by atoms with Crippen LogP contribution in [-0.2, 0) is 16.4 Å². The predicted octanol–water partition coefficient (Wildman–Crippen LogP) is 2.91. The molecule has 0 amide bonds. The third kappa shape index (κ3) is 3.51. The van der Waals surface area contributed by atoms with E-state index in [0.717, 1.165) is 5.56 Å². The van der Waals surface area contributed by atoms with E-state index in [2.05, 4.69) is 12.6 Å². The predicted molar refractivity (Wildman–Crippen MR) is 97.9 cm³/mol. The minimum absolute atomic E-state index is 0.115. The van der Waals surface area contributed by atoms with E-state index in [4.69, 9.17) is 14.7 Å². The summed E-state index contributed by atoms with van der Waals surface area (Å²) in [6, 6.07) is 13.5. The molecule has 0 bridgehead atoms. The maximum absolute atomic E-state index is 13.1. The zero-order valence-electron chi connectivity index (χ0n) is 14.1. The van der Waals surface area contributed by atoms with Gasteiger partial charge in [0.1, 0.15) is 13.2 Å². The molecule has 0 N–H and O–H groups in total. The van der Waals surface area contributed by atoms with Crippen molar-refractivity contribution in [3.8, 4) is 17.6 Å². The molecule has 3 rings (SSSR count). The van der Waals surface area contributed by atoms with Gasteiger partial charge in [-0.1, -0.05) is 18.2 Å². The lowest BCUT2D eigenvalue weighted by molar-refractivity contribution is 0.171. The zero-order valence-corrected chi connectivity index (χ0v) is 14.9. The summed E-state index contributed by atoms with van der Waals surface area (Å²) in [5.41, 5.74) is 1.33. The van der Waals surface area contributed by atoms with E-state index in [9.17, 15) is 8.42 Å². The lowest BCUT2D eigenvalue weighted by Gasteiger charge is -2.24. The molecule has 7 heteroatoms. The molecule has 0 saturated heterocycles. The standard InChI is InChI=1S/C19H18N2O4S/c1-2-11-21(16-5-3-15(4-6-16)9-10-20)26(22,23)17-7-8-18-19(14-17)25-13-12-24-18/h2-8,14H,1,9,11-13H2. The van der Waals surface area contributed by atoms with E-state index in [0.29, 0.717) is 30.4 Å². The highest BCUT2D eigenvalue weighted by Crippen LogP contribution is 2.34. The molecule has 6 nitrogen and oxygen atoms in total. The number of ether oxygens (including phenoxy) is 2. The van der Waals surface area contributed by atoms with Crippen LogP contribution in [0.25, 0.3) is 0 Å². The van der Waals surface area contributed by atoms with Crippen LogP contribution in [0.2, 0.25) is 0 Å². The molecule has 0 aliphatic carbocycles. The summed E-state index contributed by atoms with van der Waals surface area (Å²) >= 11 is 0. The molecule has 1 heterocycles. The number of nitriles is 1. The van der Waals surface area contributed by atoms with E-state index >= 15 is 0 Å². The number of fused-ring (bicyclic) bond motifs is 1. The third-order valence-electron chi connectivity index (χ3n) is 3.90. The summed E-state index contributed by atoms with van der Waals surface area (Å²) in [7, 11) is -3.81. The number of sulfonamides is 1. The highest BCUT2D eigenvalue weighted by atomic mass is 32.2. The summed E-state index contributed by atoms with van der Waals surface area (Å²) < 4.78 is 38.5. The van der Waals surface area contributed by atoms with Crippen LogP contribution < -0.4 is 13.8 Å². The fraction of sp³-hybridized carbons (Fsp3) is 0.211. The molecule has 2 aromatic rings. The van der Waals surface area contributed by atoms with Crippen molar-refractivity contribution in [1.29, 1.82) is 5.26 Å². The molecule has 1 aliphatic heterocycles. The summed E-state index contributed by atoms with van der Waals surface area (Å²) in [5.74, 6) is 0.951. The largest absolute Gasteiger partial charge is 0.486 e.